The molecule has 1 aromatic rings. The zero-order valence-corrected chi connectivity index (χ0v) is 15.6. The highest BCUT2D eigenvalue weighted by atomic mass is 32.2. The van der Waals surface area contributed by atoms with Crippen molar-refractivity contribution < 1.29 is 22.7 Å². The van der Waals surface area contributed by atoms with Crippen LogP contribution in [0.2, 0.25) is 0 Å². The molecule has 25 heavy (non-hydrogen) atoms. The first-order valence-corrected chi connectivity index (χ1v) is 9.28. The Morgan fingerprint density at radius 1 is 1.24 bits per heavy atom. The van der Waals surface area contributed by atoms with Crippen molar-refractivity contribution in [3.63, 3.8) is 0 Å². The number of likely N-dealkylation sites (N-methyl/N-ethyl adjacent to an activating group) is 1. The van der Waals surface area contributed by atoms with Crippen molar-refractivity contribution in [1.29, 1.82) is 0 Å². The third-order valence-corrected chi connectivity index (χ3v) is 4.71. The molecule has 1 rings (SSSR count). The van der Waals surface area contributed by atoms with Gasteiger partial charge in [-0.15, -0.1) is 0 Å². The van der Waals surface area contributed by atoms with Gasteiger partial charge in [0.2, 0.25) is 10.0 Å². The minimum atomic E-state index is -3.81. The maximum atomic E-state index is 12.1. The smallest absolute Gasteiger partial charge is 0.321 e. The van der Waals surface area contributed by atoms with Crippen LogP contribution in [-0.4, -0.2) is 51.4 Å². The van der Waals surface area contributed by atoms with Gasteiger partial charge in [-0.1, -0.05) is 29.8 Å². The van der Waals surface area contributed by atoms with Gasteiger partial charge in [-0.3, -0.25) is 9.59 Å². The summed E-state index contributed by atoms with van der Waals surface area (Å²) in [6.07, 6.45) is 0. The van der Waals surface area contributed by atoms with E-state index in [0.717, 1.165) is 11.1 Å². The van der Waals surface area contributed by atoms with Crippen molar-refractivity contribution in [2.75, 3.05) is 26.2 Å². The molecule has 0 aliphatic carbocycles. The van der Waals surface area contributed by atoms with Crippen molar-refractivity contribution in [3.05, 3.63) is 42.0 Å². The van der Waals surface area contributed by atoms with Crippen LogP contribution in [0.3, 0.4) is 0 Å². The fraction of sp³-hybridized carbons (Fsp3) is 0.412. The molecule has 8 heteroatoms. The van der Waals surface area contributed by atoms with E-state index in [1.54, 1.807) is 26.0 Å². The maximum Gasteiger partial charge on any atom is 0.321 e. The third kappa shape index (κ3) is 7.06. The summed E-state index contributed by atoms with van der Waals surface area (Å²) < 4.78 is 31.1. The second kappa shape index (κ2) is 9.33. The molecule has 0 aliphatic rings. The first-order valence-electron chi connectivity index (χ1n) is 7.79. The highest BCUT2D eigenvalue weighted by Crippen LogP contribution is 2.09. The van der Waals surface area contributed by atoms with Gasteiger partial charge in [0, 0.05) is 13.1 Å². The third-order valence-electron chi connectivity index (χ3n) is 3.29. The second-order valence-corrected chi connectivity index (χ2v) is 7.43. The number of benzene rings is 1. The number of sulfonamides is 1. The molecule has 0 saturated heterocycles. The standard InChI is InChI=1S/C17H24N2O5S/c1-5-19(11-13(2)3)16(20)12-24-17(21)10-18-25(22,23)15-8-6-14(4)7-9-15/h6-9,18H,2,5,10-12H2,1,3-4H3. The Morgan fingerprint density at radius 2 is 1.84 bits per heavy atom. The van der Waals surface area contributed by atoms with Crippen LogP contribution in [0.1, 0.15) is 19.4 Å². The lowest BCUT2D eigenvalue weighted by Crippen LogP contribution is -2.37. The summed E-state index contributed by atoms with van der Waals surface area (Å²) in [7, 11) is -3.81. The fourth-order valence-corrected chi connectivity index (χ4v) is 2.91. The van der Waals surface area contributed by atoms with Crippen molar-refractivity contribution in [3.8, 4) is 0 Å². The highest BCUT2D eigenvalue weighted by Gasteiger charge is 2.18. The highest BCUT2D eigenvalue weighted by molar-refractivity contribution is 7.89. The van der Waals surface area contributed by atoms with Gasteiger partial charge in [0.1, 0.15) is 6.54 Å². The van der Waals surface area contributed by atoms with Gasteiger partial charge in [0.25, 0.3) is 5.91 Å². The fourth-order valence-electron chi connectivity index (χ4n) is 1.94. The molecule has 0 spiro atoms. The molecule has 0 aromatic heterocycles. The van der Waals surface area contributed by atoms with Gasteiger partial charge in [-0.05, 0) is 32.9 Å². The van der Waals surface area contributed by atoms with Gasteiger partial charge in [0.05, 0.1) is 4.90 Å². The van der Waals surface area contributed by atoms with Crippen LogP contribution in [0.5, 0.6) is 0 Å². The Labute approximate surface area is 148 Å². The lowest BCUT2D eigenvalue weighted by Gasteiger charge is -2.20. The summed E-state index contributed by atoms with van der Waals surface area (Å²) in [4.78, 5) is 25.2. The Morgan fingerprint density at radius 3 is 2.36 bits per heavy atom. The van der Waals surface area contributed by atoms with Crippen LogP contribution in [0.25, 0.3) is 0 Å². The Kier molecular flexibility index (Phi) is 7.79. The largest absolute Gasteiger partial charge is 0.455 e. The number of aryl methyl sites for hydroxylation is 1. The molecule has 0 saturated carbocycles. The number of rotatable bonds is 9. The molecular formula is C17H24N2O5S. The average molecular weight is 368 g/mol. The minimum Gasteiger partial charge on any atom is -0.455 e. The van der Waals surface area contributed by atoms with Gasteiger partial charge in [0.15, 0.2) is 6.61 Å². The Bertz CT molecular complexity index is 726. The van der Waals surface area contributed by atoms with Gasteiger partial charge in [-0.2, -0.15) is 4.72 Å². The number of nitrogens with zero attached hydrogens (tertiary/aromatic N) is 1. The molecular weight excluding hydrogens is 344 g/mol. The normalized spacial score (nSPS) is 11.0. The van der Waals surface area contributed by atoms with Crippen LogP contribution in [0, 0.1) is 6.92 Å². The average Bonchev–Trinajstić information content (AvgIpc) is 2.56. The van der Waals surface area contributed by atoms with Crippen LogP contribution < -0.4 is 4.72 Å². The molecule has 7 nitrogen and oxygen atoms in total. The zero-order chi connectivity index (χ0) is 19.0. The molecule has 1 amide bonds. The Balaban J connectivity index is 2.50. The second-order valence-electron chi connectivity index (χ2n) is 5.66. The topological polar surface area (TPSA) is 92.8 Å². The summed E-state index contributed by atoms with van der Waals surface area (Å²) in [6, 6.07) is 6.21. The first-order chi connectivity index (χ1) is 11.7. The van der Waals surface area contributed by atoms with Crippen LogP contribution in [0.15, 0.2) is 41.3 Å². The number of amides is 1. The molecule has 0 atom stereocenters. The van der Waals surface area contributed by atoms with E-state index in [1.165, 1.54) is 17.0 Å². The van der Waals surface area contributed by atoms with E-state index in [1.807, 2.05) is 6.92 Å². The summed E-state index contributed by atoms with van der Waals surface area (Å²) in [5.41, 5.74) is 1.74. The number of carbonyl (C=O) groups excluding carboxylic acids is 2. The SMILES string of the molecule is C=C(C)CN(CC)C(=O)COC(=O)CNS(=O)(=O)c1ccc(C)cc1. The Hall–Kier alpha value is -2.19. The number of hydrogen-bond donors (Lipinski definition) is 1. The van der Waals surface area contributed by atoms with Crippen molar-refractivity contribution in [1.82, 2.24) is 9.62 Å². The molecule has 1 N–H and O–H groups in total. The van der Waals surface area contributed by atoms with Crippen molar-refractivity contribution in [2.24, 2.45) is 0 Å². The quantitative estimate of drug-likeness (QED) is 0.523. The summed E-state index contributed by atoms with van der Waals surface area (Å²) in [5.74, 6) is -1.18. The number of carbonyl (C=O) groups is 2. The molecule has 138 valence electrons. The van der Waals surface area contributed by atoms with E-state index in [-0.39, 0.29) is 10.8 Å². The van der Waals surface area contributed by atoms with Gasteiger partial charge in [-0.25, -0.2) is 8.42 Å². The predicted octanol–water partition coefficient (Wildman–Crippen LogP) is 1.24. The summed E-state index contributed by atoms with van der Waals surface area (Å²) in [6.45, 7) is 9.03. The molecule has 0 fully saturated rings. The van der Waals surface area contributed by atoms with E-state index in [0.29, 0.717) is 13.1 Å². The zero-order valence-electron chi connectivity index (χ0n) is 14.7. The summed E-state index contributed by atoms with van der Waals surface area (Å²) in [5, 5.41) is 0. The molecule has 0 heterocycles. The van der Waals surface area contributed by atoms with Crippen LogP contribution in [0.4, 0.5) is 0 Å². The van der Waals surface area contributed by atoms with Crippen molar-refractivity contribution in [2.45, 2.75) is 25.7 Å². The number of nitrogens with one attached hydrogen (secondary N) is 1. The number of ether oxygens (including phenoxy) is 1. The predicted molar refractivity (Wildman–Crippen MR) is 94.4 cm³/mol. The lowest BCUT2D eigenvalue weighted by molar-refractivity contribution is -0.150. The minimum absolute atomic E-state index is 0.0561. The molecule has 0 unspecified atom stereocenters. The van der Waals surface area contributed by atoms with Gasteiger partial charge < -0.3 is 9.64 Å². The number of hydrogen-bond acceptors (Lipinski definition) is 5. The maximum absolute atomic E-state index is 12.1. The van der Waals surface area contributed by atoms with Crippen LogP contribution in [-0.2, 0) is 24.3 Å². The monoisotopic (exact) mass is 368 g/mol. The number of esters is 1. The van der Waals surface area contributed by atoms with E-state index >= 15 is 0 Å². The van der Waals surface area contributed by atoms with Crippen LogP contribution >= 0.6 is 0 Å². The molecule has 0 aliphatic heterocycles. The van der Waals surface area contributed by atoms with Crippen molar-refractivity contribution >= 4 is 21.9 Å². The first kappa shape index (κ1) is 20.9. The molecule has 0 radical (unpaired) electrons. The van der Waals surface area contributed by atoms with E-state index < -0.39 is 29.1 Å². The lowest BCUT2D eigenvalue weighted by atomic mass is 10.2. The molecule has 0 bridgehead atoms. The van der Waals surface area contributed by atoms with Gasteiger partial charge >= 0.3 is 5.97 Å². The van der Waals surface area contributed by atoms with E-state index in [2.05, 4.69) is 11.3 Å². The van der Waals surface area contributed by atoms with E-state index in [9.17, 15) is 18.0 Å². The summed E-state index contributed by atoms with van der Waals surface area (Å²) >= 11 is 0. The molecule has 1 aromatic carbocycles. The van der Waals surface area contributed by atoms with E-state index in [4.69, 9.17) is 4.74 Å².